The van der Waals surface area contributed by atoms with Gasteiger partial charge in [-0.2, -0.15) is 0 Å². The van der Waals surface area contributed by atoms with Crippen LogP contribution in [-0.4, -0.2) is 15.8 Å². The highest BCUT2D eigenvalue weighted by Crippen LogP contribution is 2.29. The molecule has 0 spiro atoms. The molecule has 1 amide bonds. The van der Waals surface area contributed by atoms with Crippen LogP contribution >= 0.6 is 34.5 Å². The molecule has 2 rings (SSSR count). The number of amides is 1. The summed E-state index contributed by atoms with van der Waals surface area (Å²) in [5, 5.41) is 13.3. The highest BCUT2D eigenvalue weighted by atomic mass is 35.5. The van der Waals surface area contributed by atoms with Crippen LogP contribution in [0.2, 0.25) is 9.49 Å². The number of nitrogens with one attached hydrogen (secondary N) is 1. The molecule has 1 N–H and O–H groups in total. The molecule has 0 aliphatic rings. The molecule has 0 radical (unpaired) electrons. The van der Waals surface area contributed by atoms with E-state index < -0.39 is 16.5 Å². The van der Waals surface area contributed by atoms with E-state index in [0.29, 0.717) is 4.34 Å². The molecule has 9 heteroatoms. The van der Waals surface area contributed by atoms with Crippen molar-refractivity contribution < 1.29 is 9.72 Å². The summed E-state index contributed by atoms with van der Waals surface area (Å²) in [7, 11) is 0. The number of nitrogens with zero attached hydrogens (tertiary/aromatic N) is 2. The van der Waals surface area contributed by atoms with Crippen LogP contribution in [-0.2, 0) is 0 Å². The van der Waals surface area contributed by atoms with Gasteiger partial charge in [-0.05, 0) is 25.1 Å². The van der Waals surface area contributed by atoms with Crippen LogP contribution in [0.3, 0.4) is 0 Å². The second kappa shape index (κ2) is 6.38. The Bertz CT molecular complexity index is 705. The molecule has 2 aromatic rings. The largest absolute Gasteiger partial charge is 0.344 e. The third-order valence-electron chi connectivity index (χ3n) is 2.68. The third-order valence-corrected chi connectivity index (χ3v) is 4.37. The second-order valence-electron chi connectivity index (χ2n) is 4.09. The first-order valence-corrected chi connectivity index (χ1v) is 7.32. The molecule has 1 atom stereocenters. The van der Waals surface area contributed by atoms with Gasteiger partial charge in [-0.25, -0.2) is 4.98 Å². The maximum atomic E-state index is 12.2. The fraction of sp³-hybridized carbons (Fsp3) is 0.167. The third kappa shape index (κ3) is 3.49. The van der Waals surface area contributed by atoms with Gasteiger partial charge >= 0.3 is 5.69 Å². The lowest BCUT2D eigenvalue weighted by Crippen LogP contribution is -2.27. The molecule has 0 saturated heterocycles. The Morgan fingerprint density at radius 1 is 1.43 bits per heavy atom. The number of aromatic nitrogens is 1. The van der Waals surface area contributed by atoms with E-state index in [9.17, 15) is 14.9 Å². The normalized spacial score (nSPS) is 12.0. The minimum Gasteiger partial charge on any atom is -0.344 e. The molecule has 6 nitrogen and oxygen atoms in total. The minimum atomic E-state index is -0.725. The smallest absolute Gasteiger partial charge is 0.319 e. The summed E-state index contributed by atoms with van der Waals surface area (Å²) >= 11 is 12.8. The Balaban J connectivity index is 2.25. The topological polar surface area (TPSA) is 85.1 Å². The van der Waals surface area contributed by atoms with Crippen LogP contribution in [0.5, 0.6) is 0 Å². The Labute approximate surface area is 133 Å². The van der Waals surface area contributed by atoms with Crippen molar-refractivity contribution in [3.8, 4) is 0 Å². The van der Waals surface area contributed by atoms with E-state index in [4.69, 9.17) is 23.2 Å². The SMILES string of the molecule is CC(NC(=O)c1ccnc(Cl)c1[N+](=O)[O-])c1ccc(Cl)s1. The van der Waals surface area contributed by atoms with Gasteiger partial charge in [-0.15, -0.1) is 11.3 Å². The van der Waals surface area contributed by atoms with Gasteiger partial charge < -0.3 is 5.32 Å². The van der Waals surface area contributed by atoms with Crippen molar-refractivity contribution >= 4 is 46.1 Å². The molecular weight excluding hydrogens is 337 g/mol. The van der Waals surface area contributed by atoms with Gasteiger partial charge in [0.15, 0.2) is 0 Å². The van der Waals surface area contributed by atoms with Crippen molar-refractivity contribution in [2.45, 2.75) is 13.0 Å². The number of carbonyl (C=O) groups excluding carboxylic acids is 1. The van der Waals surface area contributed by atoms with Gasteiger partial charge in [0.2, 0.25) is 5.15 Å². The molecule has 21 heavy (non-hydrogen) atoms. The van der Waals surface area contributed by atoms with Crippen LogP contribution in [0.1, 0.15) is 28.2 Å². The van der Waals surface area contributed by atoms with Gasteiger partial charge in [-0.1, -0.05) is 23.2 Å². The molecule has 0 aliphatic heterocycles. The number of nitro groups is 1. The number of hydrogen-bond donors (Lipinski definition) is 1. The first kappa shape index (κ1) is 15.7. The highest BCUT2D eigenvalue weighted by Gasteiger charge is 2.25. The number of rotatable bonds is 4. The minimum absolute atomic E-state index is 0.130. The first-order chi connectivity index (χ1) is 9.90. The van der Waals surface area contributed by atoms with Crippen LogP contribution in [0.25, 0.3) is 0 Å². The van der Waals surface area contributed by atoms with Gasteiger partial charge in [0.25, 0.3) is 5.91 Å². The van der Waals surface area contributed by atoms with Gasteiger partial charge in [0.05, 0.1) is 15.3 Å². The lowest BCUT2D eigenvalue weighted by atomic mass is 10.2. The molecule has 110 valence electrons. The predicted molar refractivity (Wildman–Crippen MR) is 81.1 cm³/mol. The Hall–Kier alpha value is -1.70. The van der Waals surface area contributed by atoms with E-state index >= 15 is 0 Å². The van der Waals surface area contributed by atoms with E-state index in [0.717, 1.165) is 4.88 Å². The second-order valence-corrected chi connectivity index (χ2v) is 6.20. The van der Waals surface area contributed by atoms with Gasteiger partial charge in [0.1, 0.15) is 5.56 Å². The summed E-state index contributed by atoms with van der Waals surface area (Å²) in [6.07, 6.45) is 1.25. The fourth-order valence-electron chi connectivity index (χ4n) is 1.69. The van der Waals surface area contributed by atoms with Crippen molar-refractivity contribution in [2.24, 2.45) is 0 Å². The zero-order valence-electron chi connectivity index (χ0n) is 10.7. The number of carbonyl (C=O) groups is 1. The molecule has 0 aromatic carbocycles. The van der Waals surface area contributed by atoms with E-state index in [-0.39, 0.29) is 16.8 Å². The molecule has 0 fully saturated rings. The van der Waals surface area contributed by atoms with Crippen LogP contribution in [0.4, 0.5) is 5.69 Å². The molecule has 0 saturated carbocycles. The van der Waals surface area contributed by atoms with E-state index in [2.05, 4.69) is 10.3 Å². The molecule has 2 heterocycles. The predicted octanol–water partition coefficient (Wildman–Crippen LogP) is 3.85. The number of halogens is 2. The van der Waals surface area contributed by atoms with Crippen molar-refractivity contribution in [2.75, 3.05) is 0 Å². The maximum Gasteiger partial charge on any atom is 0.319 e. The Morgan fingerprint density at radius 2 is 2.14 bits per heavy atom. The summed E-state index contributed by atoms with van der Waals surface area (Å²) < 4.78 is 0.601. The molecule has 0 bridgehead atoms. The van der Waals surface area contributed by atoms with E-state index in [1.165, 1.54) is 23.6 Å². The Morgan fingerprint density at radius 3 is 2.71 bits per heavy atom. The van der Waals surface area contributed by atoms with Gasteiger partial charge in [0, 0.05) is 11.1 Å². The van der Waals surface area contributed by atoms with Crippen molar-refractivity contribution in [1.82, 2.24) is 10.3 Å². The summed E-state index contributed by atoms with van der Waals surface area (Å²) in [5.74, 6) is -0.594. The summed E-state index contributed by atoms with van der Waals surface area (Å²) in [4.78, 5) is 26.9. The first-order valence-electron chi connectivity index (χ1n) is 5.75. The summed E-state index contributed by atoms with van der Waals surface area (Å²) in [6, 6.07) is 4.43. The molecule has 0 aliphatic carbocycles. The van der Waals surface area contributed by atoms with Crippen LogP contribution in [0, 0.1) is 10.1 Å². The Kier molecular flexibility index (Phi) is 4.76. The van der Waals surface area contributed by atoms with Crippen molar-refractivity contribution in [1.29, 1.82) is 0 Å². The summed E-state index contributed by atoms with van der Waals surface area (Å²) in [5.41, 5.74) is -0.636. The van der Waals surface area contributed by atoms with Crippen molar-refractivity contribution in [3.05, 3.63) is 54.4 Å². The highest BCUT2D eigenvalue weighted by molar-refractivity contribution is 7.16. The standard InChI is InChI=1S/C12H9Cl2N3O3S/c1-6(8-2-3-9(13)21-8)16-12(18)7-4-5-15-11(14)10(7)17(19)20/h2-6H,1H3,(H,16,18). The van der Waals surface area contributed by atoms with E-state index in [1.54, 1.807) is 19.1 Å². The molecule has 2 aromatic heterocycles. The lowest BCUT2D eigenvalue weighted by Gasteiger charge is -2.12. The van der Waals surface area contributed by atoms with E-state index in [1.807, 2.05) is 0 Å². The number of pyridine rings is 1. The fourth-order valence-corrected chi connectivity index (χ4v) is 2.98. The summed E-state index contributed by atoms with van der Waals surface area (Å²) in [6.45, 7) is 1.76. The monoisotopic (exact) mass is 345 g/mol. The van der Waals surface area contributed by atoms with Crippen molar-refractivity contribution in [3.63, 3.8) is 0 Å². The quantitative estimate of drug-likeness (QED) is 0.518. The van der Waals surface area contributed by atoms with Gasteiger partial charge in [-0.3, -0.25) is 14.9 Å². The zero-order valence-corrected chi connectivity index (χ0v) is 13.0. The van der Waals surface area contributed by atoms with Crippen LogP contribution < -0.4 is 5.32 Å². The number of hydrogen-bond acceptors (Lipinski definition) is 5. The zero-order chi connectivity index (χ0) is 15.6. The average molecular weight is 346 g/mol. The average Bonchev–Trinajstić information content (AvgIpc) is 2.84. The maximum absolute atomic E-state index is 12.2. The number of thiophene rings is 1. The van der Waals surface area contributed by atoms with Crippen LogP contribution in [0.15, 0.2) is 24.4 Å². The molecule has 1 unspecified atom stereocenters. The lowest BCUT2D eigenvalue weighted by molar-refractivity contribution is -0.385. The molecular formula is C12H9Cl2N3O3S.